The quantitative estimate of drug-likeness (QED) is 0.124. The molecule has 7 heteroatoms. The lowest BCUT2D eigenvalue weighted by Gasteiger charge is -2.28. The number of halogens is 1. The Kier molecular flexibility index (Phi) is 21.6. The first kappa shape index (κ1) is 33.3. The van der Waals surface area contributed by atoms with Crippen molar-refractivity contribution in [2.24, 2.45) is 0 Å². The summed E-state index contributed by atoms with van der Waals surface area (Å²) >= 11 is 0. The molecule has 0 amide bonds. The molecule has 0 aromatic rings. The zero-order chi connectivity index (χ0) is 23.5. The van der Waals surface area contributed by atoms with Crippen LogP contribution in [0.25, 0.3) is 0 Å². The molecular weight excluding hydrogens is 430 g/mol. The maximum Gasteiger partial charge on any atom is 0.308 e. The molecule has 1 unspecified atom stereocenters. The molecule has 0 bridgehead atoms. The first-order chi connectivity index (χ1) is 14.6. The molecule has 0 spiro atoms. The van der Waals surface area contributed by atoms with E-state index in [1.54, 1.807) is 0 Å². The summed E-state index contributed by atoms with van der Waals surface area (Å²) in [5.41, 5.74) is 0. The molecule has 2 N–H and O–H groups in total. The second-order valence-electron chi connectivity index (χ2n) is 10.1. The van der Waals surface area contributed by atoms with Gasteiger partial charge in [-0.25, -0.2) is 0 Å². The summed E-state index contributed by atoms with van der Waals surface area (Å²) in [5, 5.41) is 19.1. The van der Waals surface area contributed by atoms with E-state index in [1.165, 1.54) is 70.6 Å². The van der Waals surface area contributed by atoms with Crippen LogP contribution in [-0.4, -0.2) is 66.5 Å². The molecule has 32 heavy (non-hydrogen) atoms. The fraction of sp³-hybridized carbons (Fsp3) is 0.920. The summed E-state index contributed by atoms with van der Waals surface area (Å²) < 4.78 is 5.84. The fourth-order valence-corrected chi connectivity index (χ4v) is 3.88. The van der Waals surface area contributed by atoms with E-state index >= 15 is 0 Å². The van der Waals surface area contributed by atoms with Gasteiger partial charge in [-0.3, -0.25) is 9.59 Å². The third-order valence-corrected chi connectivity index (χ3v) is 5.49. The van der Waals surface area contributed by atoms with Crippen LogP contribution in [-0.2, 0) is 14.3 Å². The highest BCUT2D eigenvalue weighted by Crippen LogP contribution is 2.15. The van der Waals surface area contributed by atoms with Gasteiger partial charge in [-0.15, -0.1) is 12.4 Å². The van der Waals surface area contributed by atoms with E-state index in [-0.39, 0.29) is 25.2 Å². The van der Waals surface area contributed by atoms with Gasteiger partial charge in [0.2, 0.25) is 0 Å². The van der Waals surface area contributed by atoms with E-state index in [1.807, 2.05) is 21.1 Å². The van der Waals surface area contributed by atoms with Crippen LogP contribution in [0.4, 0.5) is 0 Å². The number of aliphatic hydroxyl groups excluding tert-OH is 1. The van der Waals surface area contributed by atoms with Gasteiger partial charge >= 0.3 is 11.9 Å². The van der Waals surface area contributed by atoms with E-state index in [2.05, 4.69) is 6.92 Å². The van der Waals surface area contributed by atoms with Gasteiger partial charge in [0.25, 0.3) is 0 Å². The predicted molar refractivity (Wildman–Crippen MR) is 133 cm³/mol. The smallest absolute Gasteiger partial charge is 0.308 e. The average Bonchev–Trinajstić information content (AvgIpc) is 2.63. The first-order valence-corrected chi connectivity index (χ1v) is 12.5. The Bertz CT molecular complexity index is 468. The third kappa shape index (κ3) is 23.8. The van der Waals surface area contributed by atoms with Gasteiger partial charge in [-0.2, -0.15) is 0 Å². The number of nitrogens with zero attached hydrogens (tertiary/aromatic N) is 1. The van der Waals surface area contributed by atoms with Crippen LogP contribution in [0.15, 0.2) is 0 Å². The standard InChI is InChI=1S/C25H49NO5.ClH/c1-5-6-7-8-9-10-11-12-13-14-15-16-17-18-22(27)19-25(30)31-23(20-24(28)29)21-26(2,3)4;/h22-23,27H,5-21H2,1-4H3;1H/p+1/t22?,23-;/m1./s1. The van der Waals surface area contributed by atoms with Gasteiger partial charge in [0.15, 0.2) is 6.10 Å². The van der Waals surface area contributed by atoms with Gasteiger partial charge in [-0.05, 0) is 6.42 Å². The lowest BCUT2D eigenvalue weighted by atomic mass is 10.0. The van der Waals surface area contributed by atoms with Gasteiger partial charge in [0.1, 0.15) is 6.54 Å². The molecule has 0 saturated carbocycles. The number of ether oxygens (including phenoxy) is 1. The Morgan fingerprint density at radius 1 is 0.781 bits per heavy atom. The molecule has 0 fully saturated rings. The number of aliphatic carboxylic acids is 1. The average molecular weight is 481 g/mol. The molecule has 0 aromatic heterocycles. The summed E-state index contributed by atoms with van der Waals surface area (Å²) in [6.45, 7) is 2.68. The Hall–Kier alpha value is -0.850. The highest BCUT2D eigenvalue weighted by atomic mass is 35.5. The van der Waals surface area contributed by atoms with Crippen LogP contribution in [0.1, 0.15) is 110 Å². The number of carboxylic acids is 1. The molecule has 0 radical (unpaired) electrons. The second-order valence-corrected chi connectivity index (χ2v) is 10.1. The molecule has 0 saturated heterocycles. The SMILES string of the molecule is CCCCCCCCCCCCCCCC(O)CC(=O)O[C@H](CC(=O)O)C[N+](C)(C)C.Cl. The van der Waals surface area contributed by atoms with Crippen molar-refractivity contribution in [3.63, 3.8) is 0 Å². The number of carboxylic acid groups (broad SMARTS) is 1. The predicted octanol–water partition coefficient (Wildman–Crippen LogP) is 5.73. The normalized spacial score (nSPS) is 13.3. The minimum absolute atomic E-state index is 0. The van der Waals surface area contributed by atoms with E-state index in [9.17, 15) is 14.7 Å². The molecule has 6 nitrogen and oxygen atoms in total. The zero-order valence-electron chi connectivity index (χ0n) is 21.2. The van der Waals surface area contributed by atoms with E-state index in [4.69, 9.17) is 9.84 Å². The van der Waals surface area contributed by atoms with Crippen LogP contribution in [0.2, 0.25) is 0 Å². The Morgan fingerprint density at radius 3 is 1.62 bits per heavy atom. The molecule has 0 aromatic carbocycles. The Balaban J connectivity index is 0. The van der Waals surface area contributed by atoms with Crippen LogP contribution in [0.3, 0.4) is 0 Å². The van der Waals surface area contributed by atoms with Gasteiger partial charge in [0, 0.05) is 0 Å². The molecule has 0 heterocycles. The Morgan fingerprint density at radius 2 is 1.22 bits per heavy atom. The molecule has 0 aliphatic carbocycles. The number of esters is 1. The number of unbranched alkanes of at least 4 members (excludes halogenated alkanes) is 12. The van der Waals surface area contributed by atoms with Crippen molar-refractivity contribution in [2.45, 2.75) is 122 Å². The number of likely N-dealkylation sites (N-methyl/N-ethyl adjacent to an activating group) is 1. The van der Waals surface area contributed by atoms with Crippen LogP contribution in [0.5, 0.6) is 0 Å². The highest BCUT2D eigenvalue weighted by Gasteiger charge is 2.25. The van der Waals surface area contributed by atoms with E-state index in [0.717, 1.165) is 12.8 Å². The van der Waals surface area contributed by atoms with Gasteiger partial charge in [-0.1, -0.05) is 90.4 Å². The second kappa shape index (κ2) is 20.7. The largest absolute Gasteiger partial charge is 0.481 e. The minimum Gasteiger partial charge on any atom is -0.481 e. The van der Waals surface area contributed by atoms with Gasteiger partial charge in [0.05, 0.1) is 40.1 Å². The van der Waals surface area contributed by atoms with Crippen molar-refractivity contribution in [3.8, 4) is 0 Å². The summed E-state index contributed by atoms with van der Waals surface area (Å²) in [6, 6.07) is 0. The fourth-order valence-electron chi connectivity index (χ4n) is 3.88. The van der Waals surface area contributed by atoms with Crippen LogP contribution >= 0.6 is 12.4 Å². The minimum atomic E-state index is -0.987. The summed E-state index contributed by atoms with van der Waals surface area (Å²) in [7, 11) is 5.77. The van der Waals surface area contributed by atoms with Crippen molar-refractivity contribution in [3.05, 3.63) is 0 Å². The highest BCUT2D eigenvalue weighted by molar-refractivity contribution is 5.85. The lowest BCUT2D eigenvalue weighted by Crippen LogP contribution is -2.44. The van der Waals surface area contributed by atoms with Crippen LogP contribution < -0.4 is 0 Å². The van der Waals surface area contributed by atoms with Crippen molar-refractivity contribution < 1.29 is 29.0 Å². The number of carbonyl (C=O) groups excluding carboxylic acids is 1. The van der Waals surface area contributed by atoms with Crippen LogP contribution in [0, 0.1) is 0 Å². The lowest BCUT2D eigenvalue weighted by molar-refractivity contribution is -0.873. The summed E-state index contributed by atoms with van der Waals surface area (Å²) in [4.78, 5) is 23.1. The topological polar surface area (TPSA) is 83.8 Å². The maximum atomic E-state index is 12.1. The Labute approximate surface area is 203 Å². The number of quaternary nitrogens is 1. The number of hydrogen-bond donors (Lipinski definition) is 2. The zero-order valence-corrected chi connectivity index (χ0v) is 22.0. The van der Waals surface area contributed by atoms with E-state index in [0.29, 0.717) is 17.4 Å². The van der Waals surface area contributed by atoms with Crippen molar-refractivity contribution >= 4 is 24.3 Å². The molecule has 192 valence electrons. The number of carbonyl (C=O) groups is 2. The molecular formula is C25H51ClNO5+. The third-order valence-electron chi connectivity index (χ3n) is 5.49. The van der Waals surface area contributed by atoms with Crippen molar-refractivity contribution in [1.82, 2.24) is 0 Å². The van der Waals surface area contributed by atoms with Gasteiger partial charge < -0.3 is 19.4 Å². The van der Waals surface area contributed by atoms with Crippen molar-refractivity contribution in [2.75, 3.05) is 27.7 Å². The number of rotatable bonds is 21. The number of hydrogen-bond acceptors (Lipinski definition) is 4. The van der Waals surface area contributed by atoms with Crippen molar-refractivity contribution in [1.29, 1.82) is 0 Å². The molecule has 0 aliphatic heterocycles. The number of aliphatic hydroxyl groups is 1. The summed E-state index contributed by atoms with van der Waals surface area (Å²) in [6.07, 6.45) is 15.5. The maximum absolute atomic E-state index is 12.1. The van der Waals surface area contributed by atoms with E-state index < -0.39 is 24.1 Å². The summed E-state index contributed by atoms with van der Waals surface area (Å²) in [5.74, 6) is -1.50. The molecule has 0 aliphatic rings. The molecule has 0 rings (SSSR count). The first-order valence-electron chi connectivity index (χ1n) is 12.5. The molecule has 2 atom stereocenters. The monoisotopic (exact) mass is 480 g/mol.